The molecule has 0 amide bonds. The maximum Gasteiger partial charge on any atom is 0.0682 e. The van der Waals surface area contributed by atoms with Gasteiger partial charge in [-0.1, -0.05) is 6.07 Å². The first-order valence-electron chi connectivity index (χ1n) is 4.38. The number of rotatable bonds is 1. The third-order valence-electron chi connectivity index (χ3n) is 2.40. The van der Waals surface area contributed by atoms with E-state index < -0.39 is 0 Å². The van der Waals surface area contributed by atoms with Crippen LogP contribution in [0.4, 0.5) is 0 Å². The Labute approximate surface area is 77.4 Å². The standard InChI is InChI=1S/C11H13NO/c1-8-5-9(7-13)6-10-3-4-12(2)11(8)10/h3-6,13H,7H2,1-2H3. The first-order chi connectivity index (χ1) is 6.22. The Balaban J connectivity index is 2.79. The molecule has 0 unspecified atom stereocenters. The lowest BCUT2D eigenvalue weighted by Gasteiger charge is -2.03. The Morgan fingerprint density at radius 2 is 2.15 bits per heavy atom. The highest BCUT2D eigenvalue weighted by molar-refractivity contribution is 5.83. The van der Waals surface area contributed by atoms with Crippen LogP contribution in [0.1, 0.15) is 11.1 Å². The lowest BCUT2D eigenvalue weighted by Crippen LogP contribution is -1.90. The molecule has 2 heteroatoms. The highest BCUT2D eigenvalue weighted by atomic mass is 16.3. The van der Waals surface area contributed by atoms with E-state index in [1.807, 2.05) is 25.4 Å². The molecule has 68 valence electrons. The van der Waals surface area contributed by atoms with Crippen molar-refractivity contribution in [2.24, 2.45) is 7.05 Å². The Kier molecular flexibility index (Phi) is 1.85. The number of hydrogen-bond donors (Lipinski definition) is 1. The van der Waals surface area contributed by atoms with Crippen molar-refractivity contribution < 1.29 is 5.11 Å². The lowest BCUT2D eigenvalue weighted by atomic mass is 10.1. The highest BCUT2D eigenvalue weighted by Crippen LogP contribution is 2.21. The minimum Gasteiger partial charge on any atom is -0.392 e. The van der Waals surface area contributed by atoms with E-state index in [9.17, 15) is 0 Å². The fourth-order valence-corrected chi connectivity index (χ4v) is 1.85. The average molecular weight is 175 g/mol. The lowest BCUT2D eigenvalue weighted by molar-refractivity contribution is 0.282. The van der Waals surface area contributed by atoms with Crippen molar-refractivity contribution in [1.29, 1.82) is 0 Å². The number of benzene rings is 1. The summed E-state index contributed by atoms with van der Waals surface area (Å²) < 4.78 is 2.10. The molecule has 13 heavy (non-hydrogen) atoms. The van der Waals surface area contributed by atoms with Gasteiger partial charge in [0.25, 0.3) is 0 Å². The quantitative estimate of drug-likeness (QED) is 0.704. The predicted molar refractivity (Wildman–Crippen MR) is 53.6 cm³/mol. The zero-order valence-corrected chi connectivity index (χ0v) is 7.91. The van der Waals surface area contributed by atoms with E-state index in [-0.39, 0.29) is 6.61 Å². The molecule has 0 bridgehead atoms. The summed E-state index contributed by atoms with van der Waals surface area (Å²) in [6, 6.07) is 6.13. The molecule has 0 atom stereocenters. The molecule has 1 N–H and O–H groups in total. The van der Waals surface area contributed by atoms with Crippen molar-refractivity contribution in [3.8, 4) is 0 Å². The van der Waals surface area contributed by atoms with Crippen LogP contribution in [0.15, 0.2) is 24.4 Å². The van der Waals surface area contributed by atoms with E-state index >= 15 is 0 Å². The molecule has 2 rings (SSSR count). The summed E-state index contributed by atoms with van der Waals surface area (Å²) in [7, 11) is 2.04. The van der Waals surface area contributed by atoms with Crippen molar-refractivity contribution >= 4 is 10.9 Å². The minimum absolute atomic E-state index is 0.117. The summed E-state index contributed by atoms with van der Waals surface area (Å²) in [5.74, 6) is 0. The average Bonchev–Trinajstić information content (AvgIpc) is 2.48. The Bertz CT molecular complexity index is 443. The van der Waals surface area contributed by atoms with Gasteiger partial charge < -0.3 is 9.67 Å². The van der Waals surface area contributed by atoms with Gasteiger partial charge in [0, 0.05) is 18.6 Å². The number of aliphatic hydroxyl groups excluding tert-OH is 1. The monoisotopic (exact) mass is 175 g/mol. The van der Waals surface area contributed by atoms with Gasteiger partial charge in [-0.3, -0.25) is 0 Å². The number of aliphatic hydroxyl groups is 1. The van der Waals surface area contributed by atoms with Gasteiger partial charge in [0.15, 0.2) is 0 Å². The summed E-state index contributed by atoms with van der Waals surface area (Å²) in [5.41, 5.74) is 3.45. The van der Waals surface area contributed by atoms with Crippen molar-refractivity contribution in [3.05, 3.63) is 35.5 Å². The topological polar surface area (TPSA) is 25.2 Å². The molecule has 0 aliphatic carbocycles. The zero-order valence-electron chi connectivity index (χ0n) is 7.91. The molecule has 0 radical (unpaired) electrons. The third-order valence-corrected chi connectivity index (χ3v) is 2.40. The Hall–Kier alpha value is -1.28. The number of fused-ring (bicyclic) bond motifs is 1. The molecular formula is C11H13NO. The van der Waals surface area contributed by atoms with Crippen LogP contribution < -0.4 is 0 Å². The van der Waals surface area contributed by atoms with Crippen LogP contribution in [0, 0.1) is 6.92 Å². The fourth-order valence-electron chi connectivity index (χ4n) is 1.85. The second kappa shape index (κ2) is 2.89. The van der Waals surface area contributed by atoms with Crippen LogP contribution in [0.3, 0.4) is 0 Å². The van der Waals surface area contributed by atoms with E-state index in [2.05, 4.69) is 17.6 Å². The van der Waals surface area contributed by atoms with E-state index in [4.69, 9.17) is 5.11 Å². The molecule has 0 spiro atoms. The molecule has 2 aromatic rings. The second-order valence-corrected chi connectivity index (χ2v) is 3.44. The van der Waals surface area contributed by atoms with Gasteiger partial charge in [0.2, 0.25) is 0 Å². The second-order valence-electron chi connectivity index (χ2n) is 3.44. The Morgan fingerprint density at radius 1 is 1.38 bits per heavy atom. The van der Waals surface area contributed by atoms with Crippen molar-refractivity contribution in [2.75, 3.05) is 0 Å². The normalized spacial score (nSPS) is 11.0. The van der Waals surface area contributed by atoms with Crippen molar-refractivity contribution in [2.45, 2.75) is 13.5 Å². The largest absolute Gasteiger partial charge is 0.392 e. The van der Waals surface area contributed by atoms with Gasteiger partial charge in [-0.2, -0.15) is 0 Å². The molecule has 0 fully saturated rings. The van der Waals surface area contributed by atoms with Crippen LogP contribution in [0.2, 0.25) is 0 Å². The molecular weight excluding hydrogens is 162 g/mol. The molecule has 0 aliphatic rings. The Morgan fingerprint density at radius 3 is 2.85 bits per heavy atom. The van der Waals surface area contributed by atoms with Crippen LogP contribution in [0.25, 0.3) is 10.9 Å². The van der Waals surface area contributed by atoms with Gasteiger partial charge in [0.05, 0.1) is 12.1 Å². The predicted octanol–water partition coefficient (Wildman–Crippen LogP) is 1.98. The van der Waals surface area contributed by atoms with Gasteiger partial charge in [0.1, 0.15) is 0 Å². The van der Waals surface area contributed by atoms with Crippen molar-refractivity contribution in [1.82, 2.24) is 4.57 Å². The summed E-state index contributed by atoms with van der Waals surface area (Å²) in [4.78, 5) is 0. The maximum atomic E-state index is 9.02. The van der Waals surface area contributed by atoms with Gasteiger partial charge >= 0.3 is 0 Å². The zero-order chi connectivity index (χ0) is 9.42. The first kappa shape index (κ1) is 8.32. The number of aryl methyl sites for hydroxylation is 2. The maximum absolute atomic E-state index is 9.02. The van der Waals surface area contributed by atoms with Crippen molar-refractivity contribution in [3.63, 3.8) is 0 Å². The van der Waals surface area contributed by atoms with E-state index in [0.29, 0.717) is 0 Å². The SMILES string of the molecule is Cc1cc(CO)cc2ccn(C)c12. The van der Waals surface area contributed by atoms with Crippen LogP contribution >= 0.6 is 0 Å². The first-order valence-corrected chi connectivity index (χ1v) is 4.38. The van der Waals surface area contributed by atoms with Crippen LogP contribution in [0.5, 0.6) is 0 Å². The third kappa shape index (κ3) is 1.23. The van der Waals surface area contributed by atoms with Gasteiger partial charge in [-0.25, -0.2) is 0 Å². The highest BCUT2D eigenvalue weighted by Gasteiger charge is 2.02. The fraction of sp³-hybridized carbons (Fsp3) is 0.273. The molecule has 2 nitrogen and oxygen atoms in total. The molecule has 1 aromatic carbocycles. The molecule has 0 saturated carbocycles. The smallest absolute Gasteiger partial charge is 0.0682 e. The molecule has 1 aromatic heterocycles. The number of aromatic nitrogens is 1. The van der Waals surface area contributed by atoms with E-state index in [1.165, 1.54) is 16.5 Å². The minimum atomic E-state index is 0.117. The van der Waals surface area contributed by atoms with Gasteiger partial charge in [-0.15, -0.1) is 0 Å². The molecule has 0 saturated heterocycles. The van der Waals surface area contributed by atoms with Crippen LogP contribution in [-0.2, 0) is 13.7 Å². The number of hydrogen-bond acceptors (Lipinski definition) is 1. The summed E-state index contributed by atoms with van der Waals surface area (Å²) in [5, 5.41) is 10.2. The number of nitrogens with zero attached hydrogens (tertiary/aromatic N) is 1. The summed E-state index contributed by atoms with van der Waals surface area (Å²) in [6.07, 6.45) is 2.04. The van der Waals surface area contributed by atoms with Crippen LogP contribution in [-0.4, -0.2) is 9.67 Å². The van der Waals surface area contributed by atoms with E-state index in [0.717, 1.165) is 5.56 Å². The summed E-state index contributed by atoms with van der Waals surface area (Å²) in [6.45, 7) is 2.19. The summed E-state index contributed by atoms with van der Waals surface area (Å²) >= 11 is 0. The van der Waals surface area contributed by atoms with Gasteiger partial charge in [-0.05, 0) is 30.2 Å². The van der Waals surface area contributed by atoms with E-state index in [1.54, 1.807) is 0 Å². The molecule has 1 heterocycles. The molecule has 0 aliphatic heterocycles.